The minimum atomic E-state index is -0.616. The number of hydrogen-bond donors (Lipinski definition) is 0. The lowest BCUT2D eigenvalue weighted by atomic mass is 10.1. The Labute approximate surface area is 126 Å². The van der Waals surface area contributed by atoms with Crippen LogP contribution in [0.2, 0.25) is 5.02 Å². The summed E-state index contributed by atoms with van der Waals surface area (Å²) in [4.78, 5) is 23.6. The van der Waals surface area contributed by atoms with Crippen molar-refractivity contribution in [3.63, 3.8) is 0 Å². The van der Waals surface area contributed by atoms with Gasteiger partial charge in [0.2, 0.25) is 0 Å². The average Bonchev–Trinajstić information content (AvgIpc) is 2.52. The van der Waals surface area contributed by atoms with Crippen molar-refractivity contribution in [1.82, 2.24) is 0 Å². The molecule has 0 aliphatic carbocycles. The van der Waals surface area contributed by atoms with Gasteiger partial charge in [0, 0.05) is 10.6 Å². The molecule has 5 heteroatoms. The normalized spacial score (nSPS) is 9.71. The first kappa shape index (κ1) is 14.8. The molecule has 21 heavy (non-hydrogen) atoms. The number of esters is 1. The summed E-state index contributed by atoms with van der Waals surface area (Å²) in [6, 6.07) is 14.3. The van der Waals surface area contributed by atoms with Gasteiger partial charge in [-0.15, -0.1) is 0 Å². The van der Waals surface area contributed by atoms with Gasteiger partial charge < -0.3 is 4.74 Å². The molecular weight excluding hydrogens is 290 g/mol. The molecule has 0 N–H and O–H groups in total. The van der Waals surface area contributed by atoms with E-state index in [0.29, 0.717) is 16.1 Å². The van der Waals surface area contributed by atoms with Gasteiger partial charge in [-0.1, -0.05) is 23.7 Å². The fourth-order valence-corrected chi connectivity index (χ4v) is 1.83. The molecule has 2 aromatic carbocycles. The fraction of sp³-hybridized carbons (Fsp3) is 0.0625. The Morgan fingerprint density at radius 1 is 1.10 bits per heavy atom. The second-order valence-corrected chi connectivity index (χ2v) is 4.64. The highest BCUT2D eigenvalue weighted by Crippen LogP contribution is 2.12. The molecule has 104 valence electrons. The van der Waals surface area contributed by atoms with Gasteiger partial charge in [-0.2, -0.15) is 5.26 Å². The van der Waals surface area contributed by atoms with Crippen LogP contribution in [0.3, 0.4) is 0 Å². The van der Waals surface area contributed by atoms with Crippen molar-refractivity contribution in [2.75, 3.05) is 6.61 Å². The maximum Gasteiger partial charge on any atom is 0.338 e. The van der Waals surface area contributed by atoms with E-state index < -0.39 is 5.97 Å². The molecule has 0 fully saturated rings. The summed E-state index contributed by atoms with van der Waals surface area (Å²) < 4.78 is 4.94. The Kier molecular flexibility index (Phi) is 4.70. The smallest absolute Gasteiger partial charge is 0.338 e. The van der Waals surface area contributed by atoms with Crippen LogP contribution in [0.1, 0.15) is 26.3 Å². The zero-order valence-corrected chi connectivity index (χ0v) is 11.6. The highest BCUT2D eigenvalue weighted by atomic mass is 35.5. The molecule has 0 bridgehead atoms. The lowest BCUT2D eigenvalue weighted by molar-refractivity contribution is 0.0475. The minimum absolute atomic E-state index is 0.285. The second-order valence-electron chi connectivity index (χ2n) is 4.20. The van der Waals surface area contributed by atoms with Crippen LogP contribution in [-0.4, -0.2) is 18.4 Å². The molecule has 0 amide bonds. The van der Waals surface area contributed by atoms with Crippen LogP contribution in [0.5, 0.6) is 0 Å². The summed E-state index contributed by atoms with van der Waals surface area (Å²) in [5.41, 5.74) is 1.12. The molecule has 0 radical (unpaired) electrons. The lowest BCUT2D eigenvalue weighted by Gasteiger charge is -2.05. The summed E-state index contributed by atoms with van der Waals surface area (Å²) >= 11 is 5.79. The van der Waals surface area contributed by atoms with E-state index in [2.05, 4.69) is 0 Å². The summed E-state index contributed by atoms with van der Waals surface area (Å²) in [6.45, 7) is -0.362. The molecule has 0 saturated carbocycles. The third kappa shape index (κ3) is 3.91. The highest BCUT2D eigenvalue weighted by Gasteiger charge is 2.12. The van der Waals surface area contributed by atoms with Crippen molar-refractivity contribution in [3.8, 4) is 6.07 Å². The van der Waals surface area contributed by atoms with Gasteiger partial charge in [0.15, 0.2) is 12.4 Å². The first-order chi connectivity index (χ1) is 10.1. The maximum absolute atomic E-state index is 11.9. The minimum Gasteiger partial charge on any atom is -0.454 e. The maximum atomic E-state index is 11.9. The number of halogens is 1. The van der Waals surface area contributed by atoms with Gasteiger partial charge in [0.1, 0.15) is 0 Å². The number of rotatable bonds is 4. The Morgan fingerprint density at radius 2 is 1.81 bits per heavy atom. The van der Waals surface area contributed by atoms with Gasteiger partial charge in [0.05, 0.1) is 17.2 Å². The van der Waals surface area contributed by atoms with Crippen molar-refractivity contribution < 1.29 is 14.3 Å². The summed E-state index contributed by atoms with van der Waals surface area (Å²) in [5, 5.41) is 9.11. The number of ether oxygens (including phenoxy) is 1. The van der Waals surface area contributed by atoms with E-state index >= 15 is 0 Å². The zero-order valence-electron chi connectivity index (χ0n) is 10.9. The molecule has 2 rings (SSSR count). The Hall–Kier alpha value is -2.64. The van der Waals surface area contributed by atoms with E-state index in [-0.39, 0.29) is 18.0 Å². The monoisotopic (exact) mass is 299 g/mol. The molecule has 0 heterocycles. The molecular formula is C16H10ClNO3. The Bertz CT molecular complexity index is 717. The Morgan fingerprint density at radius 3 is 2.43 bits per heavy atom. The first-order valence-corrected chi connectivity index (χ1v) is 6.44. The molecule has 0 atom stereocenters. The van der Waals surface area contributed by atoms with Gasteiger partial charge in [-0.05, 0) is 36.4 Å². The molecule has 0 aliphatic heterocycles. The molecule has 2 aromatic rings. The zero-order chi connectivity index (χ0) is 15.2. The van der Waals surface area contributed by atoms with E-state index in [1.165, 1.54) is 30.3 Å². The molecule has 0 aliphatic rings. The number of ketones is 1. The van der Waals surface area contributed by atoms with Crippen molar-refractivity contribution in [1.29, 1.82) is 5.26 Å². The number of carbonyl (C=O) groups excluding carboxylic acids is 2. The number of nitrogens with zero attached hydrogens (tertiary/aromatic N) is 1. The van der Waals surface area contributed by atoms with Crippen LogP contribution < -0.4 is 0 Å². The number of carbonyl (C=O) groups is 2. The van der Waals surface area contributed by atoms with E-state index in [0.717, 1.165) is 0 Å². The SMILES string of the molecule is N#Cc1ccc(C(=O)OCC(=O)c2cccc(Cl)c2)cc1. The lowest BCUT2D eigenvalue weighted by Crippen LogP contribution is -2.14. The first-order valence-electron chi connectivity index (χ1n) is 6.06. The summed E-state index contributed by atoms with van der Waals surface area (Å²) in [5.74, 6) is -0.950. The largest absolute Gasteiger partial charge is 0.454 e. The van der Waals surface area contributed by atoms with Gasteiger partial charge in [-0.25, -0.2) is 4.79 Å². The van der Waals surface area contributed by atoms with Gasteiger partial charge in [-0.3, -0.25) is 4.79 Å². The number of Topliss-reactive ketones (excluding diaryl/α,β-unsaturated/α-hetero) is 1. The van der Waals surface area contributed by atoms with Gasteiger partial charge in [0.25, 0.3) is 0 Å². The topological polar surface area (TPSA) is 67.2 Å². The van der Waals surface area contributed by atoms with E-state index in [4.69, 9.17) is 21.6 Å². The number of nitriles is 1. The van der Waals surface area contributed by atoms with E-state index in [1.807, 2.05) is 6.07 Å². The Balaban J connectivity index is 1.97. The van der Waals surface area contributed by atoms with Crippen LogP contribution in [0, 0.1) is 11.3 Å². The third-order valence-corrected chi connectivity index (χ3v) is 2.97. The van der Waals surface area contributed by atoms with E-state index in [1.54, 1.807) is 18.2 Å². The van der Waals surface area contributed by atoms with Crippen molar-refractivity contribution in [2.45, 2.75) is 0 Å². The molecule has 4 nitrogen and oxygen atoms in total. The predicted octanol–water partition coefficient (Wildman–Crippen LogP) is 3.25. The van der Waals surface area contributed by atoms with Crippen LogP contribution in [0.15, 0.2) is 48.5 Å². The molecule has 0 saturated heterocycles. The van der Waals surface area contributed by atoms with Gasteiger partial charge >= 0.3 is 5.97 Å². The van der Waals surface area contributed by atoms with Crippen LogP contribution >= 0.6 is 11.6 Å². The van der Waals surface area contributed by atoms with Crippen LogP contribution in [-0.2, 0) is 4.74 Å². The summed E-state index contributed by atoms with van der Waals surface area (Å²) in [6.07, 6.45) is 0. The average molecular weight is 300 g/mol. The third-order valence-electron chi connectivity index (χ3n) is 2.73. The molecule has 0 unspecified atom stereocenters. The van der Waals surface area contributed by atoms with Crippen molar-refractivity contribution in [3.05, 3.63) is 70.2 Å². The second kappa shape index (κ2) is 6.69. The number of hydrogen-bond acceptors (Lipinski definition) is 4. The molecule has 0 aromatic heterocycles. The highest BCUT2D eigenvalue weighted by molar-refractivity contribution is 6.31. The van der Waals surface area contributed by atoms with Crippen LogP contribution in [0.25, 0.3) is 0 Å². The summed E-state index contributed by atoms with van der Waals surface area (Å²) in [7, 11) is 0. The fourth-order valence-electron chi connectivity index (χ4n) is 1.64. The van der Waals surface area contributed by atoms with E-state index in [9.17, 15) is 9.59 Å². The number of benzene rings is 2. The van der Waals surface area contributed by atoms with Crippen molar-refractivity contribution in [2.24, 2.45) is 0 Å². The molecule has 0 spiro atoms. The predicted molar refractivity (Wildman–Crippen MR) is 77.2 cm³/mol. The quantitative estimate of drug-likeness (QED) is 0.642. The van der Waals surface area contributed by atoms with Crippen LogP contribution in [0.4, 0.5) is 0 Å². The standard InChI is InChI=1S/C16H10ClNO3/c17-14-3-1-2-13(8-14)15(19)10-21-16(20)12-6-4-11(9-18)5-7-12/h1-8H,10H2. The van der Waals surface area contributed by atoms with Crippen molar-refractivity contribution >= 4 is 23.4 Å².